The Bertz CT molecular complexity index is 1180. The highest BCUT2D eigenvalue weighted by Crippen LogP contribution is 2.34. The van der Waals surface area contributed by atoms with Crippen LogP contribution in [0.5, 0.6) is 5.75 Å². The highest BCUT2D eigenvalue weighted by Gasteiger charge is 2.20. The van der Waals surface area contributed by atoms with Gasteiger partial charge in [0.25, 0.3) is 0 Å². The van der Waals surface area contributed by atoms with Gasteiger partial charge in [0, 0.05) is 12.1 Å². The summed E-state index contributed by atoms with van der Waals surface area (Å²) in [7, 11) is 1.70. The number of fused-ring (bicyclic) bond motifs is 3. The van der Waals surface area contributed by atoms with Gasteiger partial charge in [0.2, 0.25) is 0 Å². The monoisotopic (exact) mass is 455 g/mol. The Hall–Kier alpha value is -2.87. The van der Waals surface area contributed by atoms with Crippen molar-refractivity contribution in [2.24, 2.45) is 0 Å². The first-order chi connectivity index (χ1) is 16.8. The third-order valence-corrected chi connectivity index (χ3v) is 6.91. The Morgan fingerprint density at radius 1 is 0.706 bits per heavy atom. The second-order valence-electron chi connectivity index (χ2n) is 9.46. The molecule has 0 aliphatic carbocycles. The molecule has 0 saturated heterocycles. The van der Waals surface area contributed by atoms with Gasteiger partial charge in [-0.3, -0.25) is 0 Å². The molecule has 0 fully saturated rings. The van der Waals surface area contributed by atoms with Crippen molar-refractivity contribution in [3.63, 3.8) is 0 Å². The summed E-state index contributed by atoms with van der Waals surface area (Å²) < 4.78 is 11.8. The molecule has 4 rings (SSSR count). The number of ether oxygens (including phenoxy) is 1. The first-order valence-corrected chi connectivity index (χ1v) is 13.2. The minimum absolute atomic E-state index is 0.862. The van der Waals surface area contributed by atoms with Crippen molar-refractivity contribution in [3.05, 3.63) is 72.3 Å². The van der Waals surface area contributed by atoms with Gasteiger partial charge in [-0.05, 0) is 59.5 Å². The average molecular weight is 456 g/mol. The van der Waals surface area contributed by atoms with Crippen LogP contribution in [0.1, 0.15) is 76.7 Å². The van der Waals surface area contributed by atoms with E-state index in [0.717, 1.165) is 29.1 Å². The summed E-state index contributed by atoms with van der Waals surface area (Å²) in [5, 5.41) is 3.82. The summed E-state index contributed by atoms with van der Waals surface area (Å²) in [6.45, 7) is 2.28. The van der Waals surface area contributed by atoms with Crippen LogP contribution in [-0.4, -0.2) is 7.11 Å². The minimum Gasteiger partial charge on any atom is -0.497 e. The van der Waals surface area contributed by atoms with E-state index in [1.165, 1.54) is 85.9 Å². The molecule has 0 radical (unpaired) electrons. The van der Waals surface area contributed by atoms with Gasteiger partial charge in [0.15, 0.2) is 0 Å². The van der Waals surface area contributed by atoms with E-state index in [2.05, 4.69) is 61.5 Å². The maximum atomic E-state index is 6.43. The lowest BCUT2D eigenvalue weighted by Crippen LogP contribution is -1.92. The van der Waals surface area contributed by atoms with Gasteiger partial charge in [-0.25, -0.2) is 4.42 Å². The normalized spacial score (nSPS) is 11.4. The highest BCUT2D eigenvalue weighted by atomic mass is 16.5. The molecule has 3 aromatic carbocycles. The fraction of sp³-hybridized carbons (Fsp3) is 0.406. The number of hydrogen-bond acceptors (Lipinski definition) is 1. The average Bonchev–Trinajstić information content (AvgIpc) is 2.89. The number of methoxy groups -OCH3 is 1. The summed E-state index contributed by atoms with van der Waals surface area (Å²) in [6, 6.07) is 23.4. The Balaban J connectivity index is 1.49. The molecule has 1 heterocycles. The minimum atomic E-state index is 0.862. The first kappa shape index (κ1) is 24.3. The molecular weight excluding hydrogens is 416 g/mol. The van der Waals surface area contributed by atoms with E-state index >= 15 is 0 Å². The molecule has 0 bridgehead atoms. The summed E-state index contributed by atoms with van der Waals surface area (Å²) in [4.78, 5) is 0. The van der Waals surface area contributed by atoms with Crippen molar-refractivity contribution in [1.29, 1.82) is 0 Å². The van der Waals surface area contributed by atoms with Crippen LogP contribution in [-0.2, 0) is 6.42 Å². The standard InChI is InChI=1S/C32H39O2/c1-3-4-5-6-7-8-9-10-11-12-16-27-24-31(26-18-21-28(33-2)22-19-26)34-30-23-20-25-15-13-14-17-29(25)32(27)30/h13-15,17-24H,3-12,16H2,1-2H3/q+1. The van der Waals surface area contributed by atoms with Gasteiger partial charge in [-0.1, -0.05) is 89.0 Å². The molecule has 0 spiro atoms. The topological polar surface area (TPSA) is 20.5 Å². The zero-order chi connectivity index (χ0) is 23.6. The lowest BCUT2D eigenvalue weighted by Gasteiger charge is -2.07. The van der Waals surface area contributed by atoms with Crippen molar-refractivity contribution < 1.29 is 9.15 Å². The maximum Gasteiger partial charge on any atom is 0.361 e. The largest absolute Gasteiger partial charge is 0.497 e. The molecule has 2 heteroatoms. The van der Waals surface area contributed by atoms with Gasteiger partial charge in [-0.15, -0.1) is 0 Å². The molecule has 0 aliphatic rings. The van der Waals surface area contributed by atoms with Gasteiger partial charge in [0.1, 0.15) is 5.75 Å². The van der Waals surface area contributed by atoms with Crippen molar-refractivity contribution in [2.75, 3.05) is 7.11 Å². The summed E-state index contributed by atoms with van der Waals surface area (Å²) in [5.74, 6) is 1.79. The third kappa shape index (κ3) is 6.17. The molecule has 178 valence electrons. The summed E-state index contributed by atoms with van der Waals surface area (Å²) >= 11 is 0. The Labute approximate surface area is 205 Å². The molecule has 0 amide bonds. The van der Waals surface area contributed by atoms with Crippen LogP contribution in [0.4, 0.5) is 0 Å². The fourth-order valence-corrected chi connectivity index (χ4v) is 4.94. The molecule has 34 heavy (non-hydrogen) atoms. The van der Waals surface area contributed by atoms with E-state index in [1.807, 2.05) is 12.1 Å². The quantitative estimate of drug-likeness (QED) is 0.114. The van der Waals surface area contributed by atoms with Crippen molar-refractivity contribution in [2.45, 2.75) is 77.6 Å². The van der Waals surface area contributed by atoms with Gasteiger partial charge >= 0.3 is 11.3 Å². The smallest absolute Gasteiger partial charge is 0.361 e. The molecule has 4 aromatic rings. The fourth-order valence-electron chi connectivity index (χ4n) is 4.94. The number of hydrogen-bond donors (Lipinski definition) is 0. The van der Waals surface area contributed by atoms with E-state index in [-0.39, 0.29) is 0 Å². The molecule has 0 N–H and O–H groups in total. The lowest BCUT2D eigenvalue weighted by molar-refractivity contribution is 0.415. The molecular formula is C32H39O2+. The van der Waals surface area contributed by atoms with Crippen molar-refractivity contribution in [3.8, 4) is 17.1 Å². The van der Waals surface area contributed by atoms with Gasteiger partial charge in [-0.2, -0.15) is 0 Å². The predicted molar refractivity (Wildman–Crippen MR) is 146 cm³/mol. The van der Waals surface area contributed by atoms with Crippen LogP contribution in [0, 0.1) is 0 Å². The number of benzene rings is 3. The van der Waals surface area contributed by atoms with E-state index < -0.39 is 0 Å². The summed E-state index contributed by atoms with van der Waals surface area (Å²) in [5.41, 5.74) is 3.44. The highest BCUT2D eigenvalue weighted by molar-refractivity contribution is 6.07. The van der Waals surface area contributed by atoms with E-state index in [9.17, 15) is 0 Å². The number of aryl methyl sites for hydroxylation is 1. The van der Waals surface area contributed by atoms with Crippen molar-refractivity contribution >= 4 is 21.7 Å². The second-order valence-corrected chi connectivity index (χ2v) is 9.46. The van der Waals surface area contributed by atoms with E-state index in [4.69, 9.17) is 9.15 Å². The predicted octanol–water partition coefficient (Wildman–Crippen LogP) is 10.0. The van der Waals surface area contributed by atoms with E-state index in [0.29, 0.717) is 0 Å². The molecule has 0 saturated carbocycles. The molecule has 1 aromatic heterocycles. The van der Waals surface area contributed by atoms with E-state index in [1.54, 1.807) is 7.11 Å². The Morgan fingerprint density at radius 3 is 2.09 bits per heavy atom. The Kier molecular flexibility index (Phi) is 8.96. The first-order valence-electron chi connectivity index (χ1n) is 13.2. The summed E-state index contributed by atoms with van der Waals surface area (Å²) in [6.07, 6.45) is 14.7. The van der Waals surface area contributed by atoms with Gasteiger partial charge in [0.05, 0.1) is 18.1 Å². The van der Waals surface area contributed by atoms with Gasteiger partial charge < -0.3 is 4.74 Å². The molecule has 0 aliphatic heterocycles. The SMILES string of the molecule is CCCCCCCCCCCCc1cc(-c2ccc(OC)cc2)[o+]c2ccc3ccccc3c12. The van der Waals surface area contributed by atoms with Crippen LogP contribution >= 0.6 is 0 Å². The van der Waals surface area contributed by atoms with Crippen LogP contribution in [0.15, 0.2) is 71.1 Å². The molecule has 2 nitrogen and oxygen atoms in total. The van der Waals surface area contributed by atoms with Crippen LogP contribution < -0.4 is 4.74 Å². The number of unbranched alkanes of at least 4 members (excludes halogenated alkanes) is 9. The second kappa shape index (κ2) is 12.6. The zero-order valence-electron chi connectivity index (χ0n) is 20.9. The van der Waals surface area contributed by atoms with Crippen LogP contribution in [0.2, 0.25) is 0 Å². The van der Waals surface area contributed by atoms with Crippen LogP contribution in [0.3, 0.4) is 0 Å². The number of rotatable bonds is 13. The maximum absolute atomic E-state index is 6.43. The third-order valence-electron chi connectivity index (χ3n) is 6.91. The zero-order valence-corrected chi connectivity index (χ0v) is 20.9. The lowest BCUT2D eigenvalue weighted by atomic mass is 9.96. The van der Waals surface area contributed by atoms with Crippen LogP contribution in [0.25, 0.3) is 33.1 Å². The molecule has 0 atom stereocenters. The Morgan fingerprint density at radius 2 is 1.38 bits per heavy atom. The van der Waals surface area contributed by atoms with Crippen molar-refractivity contribution in [1.82, 2.24) is 0 Å². The molecule has 0 unspecified atom stereocenters.